The SMILES string of the molecule is Cn1c(C2CC2)nc2c(cnn2-c2ncc(C(F)(F)F)cc2Cl)c1=O. The van der Waals surface area contributed by atoms with Crippen LogP contribution in [0.25, 0.3) is 16.9 Å². The number of aromatic nitrogens is 5. The second-order valence-electron chi connectivity index (χ2n) is 5.93. The number of hydrogen-bond acceptors (Lipinski definition) is 4. The first-order chi connectivity index (χ1) is 11.8. The van der Waals surface area contributed by atoms with Crippen LogP contribution in [-0.2, 0) is 13.2 Å². The minimum atomic E-state index is -4.55. The lowest BCUT2D eigenvalue weighted by molar-refractivity contribution is -0.137. The number of nitrogens with zero attached hydrogens (tertiary/aromatic N) is 5. The predicted molar refractivity (Wildman–Crippen MR) is 83.9 cm³/mol. The molecule has 0 amide bonds. The first kappa shape index (κ1) is 16.1. The fourth-order valence-electron chi connectivity index (χ4n) is 2.67. The summed E-state index contributed by atoms with van der Waals surface area (Å²) >= 11 is 5.98. The number of alkyl halides is 3. The van der Waals surface area contributed by atoms with E-state index in [-0.39, 0.29) is 33.4 Å². The zero-order valence-electron chi connectivity index (χ0n) is 12.9. The summed E-state index contributed by atoms with van der Waals surface area (Å²) in [6.45, 7) is 0. The van der Waals surface area contributed by atoms with E-state index in [0.717, 1.165) is 18.9 Å². The number of halogens is 4. The molecule has 0 aliphatic heterocycles. The monoisotopic (exact) mass is 369 g/mol. The third kappa shape index (κ3) is 2.58. The normalized spacial score (nSPS) is 15.1. The lowest BCUT2D eigenvalue weighted by Gasteiger charge is -2.10. The van der Waals surface area contributed by atoms with E-state index in [9.17, 15) is 18.0 Å². The van der Waals surface area contributed by atoms with Gasteiger partial charge in [-0.15, -0.1) is 0 Å². The van der Waals surface area contributed by atoms with Crippen molar-refractivity contribution in [3.8, 4) is 5.82 Å². The van der Waals surface area contributed by atoms with Crippen molar-refractivity contribution < 1.29 is 13.2 Å². The molecule has 1 saturated carbocycles. The van der Waals surface area contributed by atoms with Gasteiger partial charge in [0, 0.05) is 19.2 Å². The van der Waals surface area contributed by atoms with Gasteiger partial charge in [-0.25, -0.2) is 9.97 Å². The number of pyridine rings is 1. The lowest BCUT2D eigenvalue weighted by atomic mass is 10.3. The van der Waals surface area contributed by atoms with Gasteiger partial charge in [0.05, 0.1) is 16.8 Å². The van der Waals surface area contributed by atoms with Gasteiger partial charge in [-0.05, 0) is 18.9 Å². The Labute approximate surface area is 143 Å². The third-order valence-electron chi connectivity index (χ3n) is 4.14. The molecule has 4 rings (SSSR count). The molecule has 6 nitrogen and oxygen atoms in total. The largest absolute Gasteiger partial charge is 0.417 e. The van der Waals surface area contributed by atoms with Crippen LogP contribution in [0.5, 0.6) is 0 Å². The molecule has 25 heavy (non-hydrogen) atoms. The molecule has 0 unspecified atom stereocenters. The summed E-state index contributed by atoms with van der Waals surface area (Å²) in [7, 11) is 1.64. The van der Waals surface area contributed by atoms with Crippen LogP contribution in [-0.4, -0.2) is 24.3 Å². The second kappa shape index (κ2) is 5.29. The summed E-state index contributed by atoms with van der Waals surface area (Å²) in [5.41, 5.74) is -0.986. The van der Waals surface area contributed by atoms with Crippen LogP contribution in [0, 0.1) is 0 Å². The van der Waals surface area contributed by atoms with E-state index in [1.807, 2.05) is 0 Å². The second-order valence-corrected chi connectivity index (χ2v) is 6.34. The van der Waals surface area contributed by atoms with Crippen LogP contribution in [0.15, 0.2) is 23.3 Å². The van der Waals surface area contributed by atoms with Crippen LogP contribution in [0.3, 0.4) is 0 Å². The molecule has 0 bridgehead atoms. The zero-order chi connectivity index (χ0) is 17.9. The molecule has 0 saturated heterocycles. The van der Waals surface area contributed by atoms with Crippen molar-refractivity contribution in [2.24, 2.45) is 7.05 Å². The highest BCUT2D eigenvalue weighted by Crippen LogP contribution is 2.39. The fraction of sp³-hybridized carbons (Fsp3) is 0.333. The summed E-state index contributed by atoms with van der Waals surface area (Å²) in [5, 5.41) is 4.08. The Morgan fingerprint density at radius 1 is 1.28 bits per heavy atom. The molecule has 1 fully saturated rings. The molecule has 3 heterocycles. The number of fused-ring (bicyclic) bond motifs is 1. The minimum absolute atomic E-state index is 0.00725. The topological polar surface area (TPSA) is 65.6 Å². The average Bonchev–Trinajstić information content (AvgIpc) is 3.30. The van der Waals surface area contributed by atoms with E-state index >= 15 is 0 Å². The Morgan fingerprint density at radius 2 is 2.00 bits per heavy atom. The van der Waals surface area contributed by atoms with Gasteiger partial charge >= 0.3 is 6.18 Å². The van der Waals surface area contributed by atoms with Crippen LogP contribution in [0.2, 0.25) is 5.02 Å². The van der Waals surface area contributed by atoms with Gasteiger partial charge in [-0.1, -0.05) is 11.6 Å². The van der Waals surface area contributed by atoms with Crippen LogP contribution >= 0.6 is 11.6 Å². The van der Waals surface area contributed by atoms with Crippen molar-refractivity contribution in [2.75, 3.05) is 0 Å². The molecular formula is C15H11ClF3N5O. The minimum Gasteiger partial charge on any atom is -0.299 e. The van der Waals surface area contributed by atoms with Gasteiger partial charge < -0.3 is 0 Å². The average molecular weight is 370 g/mol. The molecule has 0 aromatic carbocycles. The van der Waals surface area contributed by atoms with Crippen LogP contribution < -0.4 is 5.56 Å². The highest BCUT2D eigenvalue weighted by Gasteiger charge is 2.32. The Morgan fingerprint density at radius 3 is 2.60 bits per heavy atom. The predicted octanol–water partition coefficient (Wildman–Crippen LogP) is 3.06. The smallest absolute Gasteiger partial charge is 0.299 e. The van der Waals surface area contributed by atoms with E-state index in [0.29, 0.717) is 12.0 Å². The molecule has 0 spiro atoms. The first-order valence-electron chi connectivity index (χ1n) is 7.45. The fourth-order valence-corrected chi connectivity index (χ4v) is 2.92. The summed E-state index contributed by atoms with van der Waals surface area (Å²) in [6.07, 6.45) is -0.665. The highest BCUT2D eigenvalue weighted by atomic mass is 35.5. The summed E-state index contributed by atoms with van der Waals surface area (Å²) in [5.74, 6) is 0.830. The van der Waals surface area contributed by atoms with Gasteiger partial charge in [0.1, 0.15) is 11.2 Å². The molecule has 0 radical (unpaired) electrons. The van der Waals surface area contributed by atoms with E-state index in [2.05, 4.69) is 15.1 Å². The van der Waals surface area contributed by atoms with Crippen LogP contribution in [0.1, 0.15) is 30.1 Å². The van der Waals surface area contributed by atoms with Crippen molar-refractivity contribution >= 4 is 22.6 Å². The van der Waals surface area contributed by atoms with Crippen LogP contribution in [0.4, 0.5) is 13.2 Å². The van der Waals surface area contributed by atoms with E-state index in [4.69, 9.17) is 11.6 Å². The van der Waals surface area contributed by atoms with E-state index in [1.54, 1.807) is 7.05 Å². The van der Waals surface area contributed by atoms with Crippen molar-refractivity contribution in [3.05, 3.63) is 45.2 Å². The number of rotatable bonds is 2. The highest BCUT2D eigenvalue weighted by molar-refractivity contribution is 6.32. The molecular weight excluding hydrogens is 359 g/mol. The van der Waals surface area contributed by atoms with Crippen molar-refractivity contribution in [1.82, 2.24) is 24.3 Å². The van der Waals surface area contributed by atoms with Gasteiger partial charge in [-0.3, -0.25) is 9.36 Å². The molecule has 3 aromatic heterocycles. The molecule has 3 aromatic rings. The van der Waals surface area contributed by atoms with Gasteiger partial charge in [0.25, 0.3) is 5.56 Å². The zero-order valence-corrected chi connectivity index (χ0v) is 13.6. The van der Waals surface area contributed by atoms with Gasteiger partial charge in [0.2, 0.25) is 0 Å². The Balaban J connectivity index is 1.92. The molecule has 1 aliphatic rings. The van der Waals surface area contributed by atoms with E-state index in [1.165, 1.54) is 15.4 Å². The van der Waals surface area contributed by atoms with Gasteiger partial charge in [0.15, 0.2) is 11.5 Å². The Kier molecular flexibility index (Phi) is 3.40. The quantitative estimate of drug-likeness (QED) is 0.696. The van der Waals surface area contributed by atoms with Crippen molar-refractivity contribution in [2.45, 2.75) is 24.9 Å². The molecule has 130 valence electrons. The van der Waals surface area contributed by atoms with Gasteiger partial charge in [-0.2, -0.15) is 23.0 Å². The maximum absolute atomic E-state index is 12.8. The Hall–Kier alpha value is -2.42. The third-order valence-corrected chi connectivity index (χ3v) is 4.41. The maximum atomic E-state index is 12.8. The lowest BCUT2D eigenvalue weighted by Crippen LogP contribution is -2.22. The summed E-state index contributed by atoms with van der Waals surface area (Å²) in [6, 6.07) is 0.778. The standard InChI is InChI=1S/C15H11ClF3N5O/c1-23-11(7-2-3-7)22-12-9(14(23)25)6-21-24(12)13-10(16)4-8(5-20-13)15(17,18)19/h4-7H,2-3H2,1H3. The maximum Gasteiger partial charge on any atom is 0.417 e. The molecule has 0 N–H and O–H groups in total. The molecule has 1 aliphatic carbocycles. The van der Waals surface area contributed by atoms with E-state index < -0.39 is 11.7 Å². The van der Waals surface area contributed by atoms with Crippen molar-refractivity contribution in [3.63, 3.8) is 0 Å². The summed E-state index contributed by atoms with van der Waals surface area (Å²) in [4.78, 5) is 20.7. The Bertz CT molecular complexity index is 1050. The van der Waals surface area contributed by atoms with Crippen molar-refractivity contribution in [1.29, 1.82) is 0 Å². The molecule has 0 atom stereocenters. The summed E-state index contributed by atoms with van der Waals surface area (Å²) < 4.78 is 41.0. The number of hydrogen-bond donors (Lipinski definition) is 0. The molecule has 10 heteroatoms. The first-order valence-corrected chi connectivity index (χ1v) is 7.83.